The molecule has 0 bridgehead atoms. The molecule has 1 N–H and O–H groups in total. The lowest BCUT2D eigenvalue weighted by molar-refractivity contribution is 0.0320. The summed E-state index contributed by atoms with van der Waals surface area (Å²) in [7, 11) is 0. The van der Waals surface area contributed by atoms with Gasteiger partial charge in [0.15, 0.2) is 11.9 Å². The maximum Gasteiger partial charge on any atom is 0.338 e. The predicted molar refractivity (Wildman–Crippen MR) is 107 cm³/mol. The number of H-pyrrole nitrogens is 1. The normalized spacial score (nSPS) is 17.1. The van der Waals surface area contributed by atoms with E-state index in [1.165, 1.54) is 17.0 Å². The highest BCUT2D eigenvalue weighted by Gasteiger charge is 2.24. The third-order valence-corrected chi connectivity index (χ3v) is 6.28. The Labute approximate surface area is 165 Å². The maximum absolute atomic E-state index is 12.7. The molecule has 1 aliphatic rings. The zero-order valence-electron chi connectivity index (χ0n) is 15.7. The van der Waals surface area contributed by atoms with Gasteiger partial charge in [-0.2, -0.15) is 0 Å². The minimum absolute atomic E-state index is 0.176. The highest BCUT2D eigenvalue weighted by molar-refractivity contribution is 7.18. The summed E-state index contributed by atoms with van der Waals surface area (Å²) in [5, 5.41) is 0.679. The molecular weight excluding hydrogens is 376 g/mol. The van der Waals surface area contributed by atoms with Gasteiger partial charge in [-0.1, -0.05) is 19.1 Å². The first kappa shape index (κ1) is 18.6. The first-order valence-corrected chi connectivity index (χ1v) is 10.1. The number of aromatic amines is 1. The van der Waals surface area contributed by atoms with Crippen LogP contribution < -0.4 is 5.56 Å². The van der Waals surface area contributed by atoms with E-state index in [1.54, 1.807) is 30.4 Å². The van der Waals surface area contributed by atoms with Crippen molar-refractivity contribution in [3.8, 4) is 0 Å². The monoisotopic (exact) mass is 396 g/mol. The molecule has 28 heavy (non-hydrogen) atoms. The van der Waals surface area contributed by atoms with Gasteiger partial charge < -0.3 is 9.72 Å². The van der Waals surface area contributed by atoms with Crippen LogP contribution in [0.2, 0.25) is 0 Å². The van der Waals surface area contributed by atoms with Crippen molar-refractivity contribution in [1.82, 2.24) is 9.97 Å². The van der Waals surface area contributed by atoms with E-state index in [0.29, 0.717) is 39.4 Å². The van der Waals surface area contributed by atoms with Gasteiger partial charge >= 0.3 is 5.97 Å². The van der Waals surface area contributed by atoms with Crippen molar-refractivity contribution < 1.29 is 14.3 Å². The van der Waals surface area contributed by atoms with Crippen LogP contribution in [0.4, 0.5) is 0 Å². The number of nitrogens with zero attached hydrogens (tertiary/aromatic N) is 1. The number of nitrogens with one attached hydrogen (secondary N) is 1. The number of benzene rings is 1. The van der Waals surface area contributed by atoms with E-state index in [4.69, 9.17) is 4.74 Å². The number of esters is 1. The average molecular weight is 396 g/mol. The van der Waals surface area contributed by atoms with Gasteiger partial charge in [-0.15, -0.1) is 11.3 Å². The third-order valence-electron chi connectivity index (χ3n) is 5.14. The number of fused-ring (bicyclic) bond motifs is 3. The lowest BCUT2D eigenvalue weighted by atomic mass is 9.89. The molecule has 144 valence electrons. The predicted octanol–water partition coefficient (Wildman–Crippen LogP) is 3.84. The first-order chi connectivity index (χ1) is 13.5. The number of hydrogen-bond acceptors (Lipinski definition) is 6. The molecule has 0 unspecified atom stereocenters. The van der Waals surface area contributed by atoms with Crippen molar-refractivity contribution in [2.24, 2.45) is 5.92 Å². The van der Waals surface area contributed by atoms with Crippen LogP contribution >= 0.6 is 11.3 Å². The number of thiophene rings is 1. The van der Waals surface area contributed by atoms with Gasteiger partial charge in [-0.05, 0) is 49.8 Å². The molecule has 7 heteroatoms. The Kier molecular flexibility index (Phi) is 4.85. The van der Waals surface area contributed by atoms with Crippen molar-refractivity contribution in [1.29, 1.82) is 0 Å². The van der Waals surface area contributed by atoms with Gasteiger partial charge in [0.25, 0.3) is 5.56 Å². The van der Waals surface area contributed by atoms with Crippen molar-refractivity contribution in [3.05, 3.63) is 62.0 Å². The van der Waals surface area contributed by atoms with Crippen LogP contribution in [0, 0.1) is 5.92 Å². The summed E-state index contributed by atoms with van der Waals surface area (Å²) in [6.45, 7) is 3.90. The number of ether oxygens (including phenoxy) is 1. The molecule has 0 radical (unpaired) electrons. The second-order valence-corrected chi connectivity index (χ2v) is 8.35. The summed E-state index contributed by atoms with van der Waals surface area (Å²) >= 11 is 1.56. The molecule has 0 aliphatic heterocycles. The Bertz CT molecular complexity index is 1110. The van der Waals surface area contributed by atoms with Crippen LogP contribution in [0.5, 0.6) is 0 Å². The highest BCUT2D eigenvalue weighted by Crippen LogP contribution is 2.36. The molecule has 0 spiro atoms. The van der Waals surface area contributed by atoms with Crippen molar-refractivity contribution in [2.45, 2.75) is 39.2 Å². The zero-order valence-corrected chi connectivity index (χ0v) is 16.5. The largest absolute Gasteiger partial charge is 0.451 e. The summed E-state index contributed by atoms with van der Waals surface area (Å²) in [6.07, 6.45) is 2.97. The van der Waals surface area contributed by atoms with E-state index in [0.717, 1.165) is 24.8 Å². The molecule has 0 amide bonds. The lowest BCUT2D eigenvalue weighted by Gasteiger charge is -2.17. The SMILES string of the molecule is C[C@@H]1CCc2c(sc3nc([C@H](C)OC(=O)c4ccc(C=O)cc4)[nH]c(=O)c23)C1. The summed E-state index contributed by atoms with van der Waals surface area (Å²) < 4.78 is 5.46. The van der Waals surface area contributed by atoms with Gasteiger partial charge in [-0.3, -0.25) is 9.59 Å². The number of aromatic nitrogens is 2. The molecule has 2 heterocycles. The van der Waals surface area contributed by atoms with Gasteiger partial charge in [0.05, 0.1) is 10.9 Å². The number of aldehydes is 1. The molecule has 1 aliphatic carbocycles. The van der Waals surface area contributed by atoms with Crippen LogP contribution in [0.3, 0.4) is 0 Å². The molecule has 2 aromatic heterocycles. The number of rotatable bonds is 4. The van der Waals surface area contributed by atoms with E-state index in [-0.39, 0.29) is 5.56 Å². The molecule has 0 saturated heterocycles. The summed E-state index contributed by atoms with van der Waals surface area (Å²) in [5.41, 5.74) is 1.77. The lowest BCUT2D eigenvalue weighted by Crippen LogP contribution is -2.18. The quantitative estimate of drug-likeness (QED) is 0.535. The molecule has 0 saturated carbocycles. The molecule has 3 aromatic rings. The number of hydrogen-bond donors (Lipinski definition) is 1. The Hall–Kier alpha value is -2.80. The summed E-state index contributed by atoms with van der Waals surface area (Å²) in [5.74, 6) is 0.415. The van der Waals surface area contributed by atoms with Crippen LogP contribution in [0.15, 0.2) is 29.1 Å². The molecule has 0 fully saturated rings. The van der Waals surface area contributed by atoms with Crippen molar-refractivity contribution >= 4 is 33.8 Å². The van der Waals surface area contributed by atoms with Crippen LogP contribution in [-0.4, -0.2) is 22.2 Å². The smallest absolute Gasteiger partial charge is 0.338 e. The van der Waals surface area contributed by atoms with Crippen LogP contribution in [-0.2, 0) is 17.6 Å². The number of carbonyl (C=O) groups excluding carboxylic acids is 2. The van der Waals surface area contributed by atoms with Gasteiger partial charge in [0, 0.05) is 10.4 Å². The standard InChI is InChI=1S/C21H20N2O4S/c1-11-3-8-15-16(9-11)28-20-17(15)19(25)22-18(23-20)12(2)27-21(26)14-6-4-13(10-24)5-7-14/h4-7,10-12H,3,8-9H2,1-2H3,(H,22,23,25)/t11-,12+/m1/s1. The maximum atomic E-state index is 12.7. The minimum atomic E-state index is -0.701. The second-order valence-electron chi connectivity index (χ2n) is 7.27. The van der Waals surface area contributed by atoms with E-state index in [2.05, 4.69) is 16.9 Å². The topological polar surface area (TPSA) is 89.1 Å². The fourth-order valence-electron chi connectivity index (χ4n) is 3.54. The summed E-state index contributed by atoms with van der Waals surface area (Å²) in [6, 6.07) is 6.18. The Balaban J connectivity index is 1.60. The van der Waals surface area contributed by atoms with E-state index >= 15 is 0 Å². The Morgan fingerprint density at radius 1 is 1.36 bits per heavy atom. The van der Waals surface area contributed by atoms with E-state index < -0.39 is 12.1 Å². The van der Waals surface area contributed by atoms with E-state index in [1.807, 2.05) is 0 Å². The second kappa shape index (κ2) is 7.31. The Morgan fingerprint density at radius 3 is 2.82 bits per heavy atom. The van der Waals surface area contributed by atoms with Crippen molar-refractivity contribution in [2.75, 3.05) is 0 Å². The number of carbonyl (C=O) groups is 2. The zero-order chi connectivity index (χ0) is 19.8. The third kappa shape index (κ3) is 3.38. The molecule has 1 aromatic carbocycles. The average Bonchev–Trinajstić information content (AvgIpc) is 3.05. The minimum Gasteiger partial charge on any atom is -0.451 e. The summed E-state index contributed by atoms with van der Waals surface area (Å²) in [4.78, 5) is 45.1. The van der Waals surface area contributed by atoms with Gasteiger partial charge in [-0.25, -0.2) is 9.78 Å². The molecule has 6 nitrogen and oxygen atoms in total. The van der Waals surface area contributed by atoms with Gasteiger partial charge in [0.1, 0.15) is 11.1 Å². The van der Waals surface area contributed by atoms with Crippen LogP contribution in [0.1, 0.15) is 63.4 Å². The highest BCUT2D eigenvalue weighted by atomic mass is 32.1. The van der Waals surface area contributed by atoms with E-state index in [9.17, 15) is 14.4 Å². The fourth-order valence-corrected chi connectivity index (χ4v) is 4.93. The molecule has 2 atom stereocenters. The Morgan fingerprint density at radius 2 is 2.11 bits per heavy atom. The fraction of sp³-hybridized carbons (Fsp3) is 0.333. The molecule has 4 rings (SSSR count). The molecular formula is C21H20N2O4S. The first-order valence-electron chi connectivity index (χ1n) is 9.27. The number of aryl methyl sites for hydroxylation is 1. The van der Waals surface area contributed by atoms with Crippen LogP contribution in [0.25, 0.3) is 10.2 Å². The van der Waals surface area contributed by atoms with Crippen molar-refractivity contribution in [3.63, 3.8) is 0 Å². The van der Waals surface area contributed by atoms with Gasteiger partial charge in [0.2, 0.25) is 0 Å².